The number of nitrogens with zero attached hydrogens (tertiary/aromatic N) is 3. The summed E-state index contributed by atoms with van der Waals surface area (Å²) >= 11 is 0. The van der Waals surface area contributed by atoms with Crippen molar-refractivity contribution >= 4 is 11.8 Å². The maximum atomic E-state index is 13.0. The van der Waals surface area contributed by atoms with Crippen LogP contribution < -0.4 is 4.74 Å². The van der Waals surface area contributed by atoms with Crippen molar-refractivity contribution in [2.75, 3.05) is 39.8 Å². The molecule has 0 saturated carbocycles. The molecule has 2 aromatic carbocycles. The number of likely N-dealkylation sites (tertiary alicyclic amines) is 1. The molecule has 32 heavy (non-hydrogen) atoms. The zero-order valence-electron chi connectivity index (χ0n) is 18.9. The van der Waals surface area contributed by atoms with Crippen LogP contribution in [0, 0.1) is 0 Å². The van der Waals surface area contributed by atoms with Crippen LogP contribution in [0.5, 0.6) is 5.75 Å². The van der Waals surface area contributed by atoms with E-state index in [9.17, 15) is 9.59 Å². The van der Waals surface area contributed by atoms with Crippen LogP contribution in [0.25, 0.3) is 0 Å². The molecule has 2 aromatic rings. The summed E-state index contributed by atoms with van der Waals surface area (Å²) in [5.74, 6) is 1.24. The molecule has 2 aliphatic heterocycles. The summed E-state index contributed by atoms with van der Waals surface area (Å²) in [6.45, 7) is 4.55. The Morgan fingerprint density at radius 3 is 2.56 bits per heavy atom. The SMILES string of the molecule is COc1ccccc1CCC(=O)N1CCCN(C2CCN(Cc3ccccc3)C2=O)CC1. The lowest BCUT2D eigenvalue weighted by Crippen LogP contribution is -2.44. The van der Waals surface area contributed by atoms with Gasteiger partial charge in [0.1, 0.15) is 5.75 Å². The second kappa shape index (κ2) is 10.6. The number of hydrogen-bond acceptors (Lipinski definition) is 4. The van der Waals surface area contributed by atoms with Gasteiger partial charge in [-0.1, -0.05) is 48.5 Å². The van der Waals surface area contributed by atoms with Gasteiger partial charge in [0, 0.05) is 45.7 Å². The first kappa shape index (κ1) is 22.3. The first-order valence-electron chi connectivity index (χ1n) is 11.6. The Labute approximate surface area is 190 Å². The van der Waals surface area contributed by atoms with Crippen molar-refractivity contribution in [3.05, 3.63) is 65.7 Å². The number of aryl methyl sites for hydroxylation is 1. The smallest absolute Gasteiger partial charge is 0.240 e. The summed E-state index contributed by atoms with van der Waals surface area (Å²) < 4.78 is 5.40. The number of methoxy groups -OCH3 is 1. The monoisotopic (exact) mass is 435 g/mol. The van der Waals surface area contributed by atoms with Crippen molar-refractivity contribution in [2.45, 2.75) is 38.3 Å². The van der Waals surface area contributed by atoms with Crippen LogP contribution in [0.1, 0.15) is 30.4 Å². The molecule has 4 rings (SSSR count). The van der Waals surface area contributed by atoms with E-state index in [2.05, 4.69) is 17.0 Å². The molecule has 6 nitrogen and oxygen atoms in total. The molecular formula is C26H33N3O3. The minimum Gasteiger partial charge on any atom is -0.496 e. The number of amides is 2. The first-order valence-corrected chi connectivity index (χ1v) is 11.6. The summed E-state index contributed by atoms with van der Waals surface area (Å²) in [5, 5.41) is 0. The highest BCUT2D eigenvalue weighted by molar-refractivity contribution is 5.84. The molecule has 2 aliphatic rings. The molecule has 2 fully saturated rings. The van der Waals surface area contributed by atoms with Gasteiger partial charge in [-0.25, -0.2) is 0 Å². The topological polar surface area (TPSA) is 53.1 Å². The van der Waals surface area contributed by atoms with Crippen LogP contribution in [0.2, 0.25) is 0 Å². The minimum absolute atomic E-state index is 0.0534. The van der Waals surface area contributed by atoms with Crippen molar-refractivity contribution in [1.82, 2.24) is 14.7 Å². The fourth-order valence-corrected chi connectivity index (χ4v) is 4.83. The van der Waals surface area contributed by atoms with Crippen molar-refractivity contribution in [2.24, 2.45) is 0 Å². The fourth-order valence-electron chi connectivity index (χ4n) is 4.83. The van der Waals surface area contributed by atoms with E-state index in [0.29, 0.717) is 25.9 Å². The fraction of sp³-hybridized carbons (Fsp3) is 0.462. The van der Waals surface area contributed by atoms with Gasteiger partial charge >= 0.3 is 0 Å². The molecular weight excluding hydrogens is 402 g/mol. The van der Waals surface area contributed by atoms with Gasteiger partial charge in [0.05, 0.1) is 13.2 Å². The van der Waals surface area contributed by atoms with Crippen LogP contribution in [0.3, 0.4) is 0 Å². The molecule has 0 N–H and O–H groups in total. The number of hydrogen-bond donors (Lipinski definition) is 0. The lowest BCUT2D eigenvalue weighted by molar-refractivity contribution is -0.132. The zero-order chi connectivity index (χ0) is 22.3. The largest absolute Gasteiger partial charge is 0.496 e. The second-order valence-corrected chi connectivity index (χ2v) is 8.63. The van der Waals surface area contributed by atoms with E-state index >= 15 is 0 Å². The average Bonchev–Trinajstić information content (AvgIpc) is 3.02. The molecule has 6 heteroatoms. The number of para-hydroxylation sites is 1. The predicted molar refractivity (Wildman–Crippen MR) is 124 cm³/mol. The summed E-state index contributed by atoms with van der Waals surface area (Å²) in [5.41, 5.74) is 2.24. The lowest BCUT2D eigenvalue weighted by atomic mass is 10.1. The van der Waals surface area contributed by atoms with Crippen LogP contribution in [-0.4, -0.2) is 72.4 Å². The van der Waals surface area contributed by atoms with Gasteiger partial charge in [-0.05, 0) is 36.5 Å². The molecule has 0 aromatic heterocycles. The quantitative estimate of drug-likeness (QED) is 0.671. The normalized spacial score (nSPS) is 19.8. The van der Waals surface area contributed by atoms with Gasteiger partial charge in [0.25, 0.3) is 0 Å². The van der Waals surface area contributed by atoms with Crippen LogP contribution in [0.15, 0.2) is 54.6 Å². The van der Waals surface area contributed by atoms with E-state index in [1.807, 2.05) is 52.3 Å². The summed E-state index contributed by atoms with van der Waals surface area (Å²) in [4.78, 5) is 32.1. The molecule has 2 heterocycles. The molecule has 170 valence electrons. The van der Waals surface area contributed by atoms with E-state index in [4.69, 9.17) is 4.74 Å². The highest BCUT2D eigenvalue weighted by Crippen LogP contribution is 2.22. The van der Waals surface area contributed by atoms with Crippen LogP contribution in [-0.2, 0) is 22.6 Å². The molecule has 1 unspecified atom stereocenters. The highest BCUT2D eigenvalue weighted by atomic mass is 16.5. The molecule has 2 amide bonds. The second-order valence-electron chi connectivity index (χ2n) is 8.63. The summed E-state index contributed by atoms with van der Waals surface area (Å²) in [7, 11) is 1.66. The van der Waals surface area contributed by atoms with E-state index in [0.717, 1.165) is 50.3 Å². The van der Waals surface area contributed by atoms with E-state index in [-0.39, 0.29) is 17.9 Å². The van der Waals surface area contributed by atoms with Gasteiger partial charge in [0.2, 0.25) is 11.8 Å². The Bertz CT molecular complexity index is 918. The lowest BCUT2D eigenvalue weighted by Gasteiger charge is -2.26. The molecule has 0 bridgehead atoms. The standard InChI is InChI=1S/C26H33N3O3/c1-32-24-11-6-5-10-22(24)12-13-25(30)28-16-7-15-27(18-19-28)23-14-17-29(26(23)31)20-21-8-3-2-4-9-21/h2-6,8-11,23H,7,12-20H2,1H3. The van der Waals surface area contributed by atoms with E-state index in [1.54, 1.807) is 7.11 Å². The van der Waals surface area contributed by atoms with Gasteiger partial charge in [-0.3, -0.25) is 14.5 Å². The van der Waals surface area contributed by atoms with Gasteiger partial charge in [-0.15, -0.1) is 0 Å². The highest BCUT2D eigenvalue weighted by Gasteiger charge is 2.36. The average molecular weight is 436 g/mol. The van der Waals surface area contributed by atoms with Crippen LogP contribution >= 0.6 is 0 Å². The Kier molecular flexibility index (Phi) is 7.43. The predicted octanol–water partition coefficient (Wildman–Crippen LogP) is 2.96. The third kappa shape index (κ3) is 5.30. The minimum atomic E-state index is -0.0534. The summed E-state index contributed by atoms with van der Waals surface area (Å²) in [6.07, 6.45) is 2.93. The number of benzene rings is 2. The van der Waals surface area contributed by atoms with Gasteiger partial charge in [0.15, 0.2) is 0 Å². The van der Waals surface area contributed by atoms with Crippen molar-refractivity contribution in [3.8, 4) is 5.75 Å². The van der Waals surface area contributed by atoms with E-state index in [1.165, 1.54) is 5.56 Å². The number of carbonyl (C=O) groups excluding carboxylic acids is 2. The van der Waals surface area contributed by atoms with Crippen molar-refractivity contribution in [1.29, 1.82) is 0 Å². The third-order valence-corrected chi connectivity index (χ3v) is 6.61. The molecule has 0 aliphatic carbocycles. The molecule has 2 saturated heterocycles. The van der Waals surface area contributed by atoms with E-state index < -0.39 is 0 Å². The molecule has 0 spiro atoms. The number of carbonyl (C=O) groups is 2. The number of ether oxygens (including phenoxy) is 1. The maximum absolute atomic E-state index is 13.0. The Morgan fingerprint density at radius 1 is 0.969 bits per heavy atom. The molecule has 0 radical (unpaired) electrons. The maximum Gasteiger partial charge on any atom is 0.240 e. The van der Waals surface area contributed by atoms with Crippen molar-refractivity contribution in [3.63, 3.8) is 0 Å². The third-order valence-electron chi connectivity index (χ3n) is 6.61. The first-order chi connectivity index (χ1) is 15.7. The van der Waals surface area contributed by atoms with Gasteiger partial charge < -0.3 is 14.5 Å². The Hall–Kier alpha value is -2.86. The zero-order valence-corrected chi connectivity index (χ0v) is 18.9. The number of rotatable bonds is 7. The summed E-state index contributed by atoms with van der Waals surface area (Å²) in [6, 6.07) is 18.0. The van der Waals surface area contributed by atoms with Crippen LogP contribution in [0.4, 0.5) is 0 Å². The van der Waals surface area contributed by atoms with Crippen molar-refractivity contribution < 1.29 is 14.3 Å². The Balaban J connectivity index is 1.28. The molecule has 1 atom stereocenters. The van der Waals surface area contributed by atoms with Gasteiger partial charge in [-0.2, -0.15) is 0 Å². The Morgan fingerprint density at radius 2 is 1.75 bits per heavy atom.